The first kappa shape index (κ1) is 11.1. The van der Waals surface area contributed by atoms with Crippen molar-refractivity contribution in [2.75, 3.05) is 7.05 Å². The predicted molar refractivity (Wildman–Crippen MR) is 68.3 cm³/mol. The summed E-state index contributed by atoms with van der Waals surface area (Å²) in [5.41, 5.74) is 0.405. The van der Waals surface area contributed by atoms with Crippen molar-refractivity contribution in [1.82, 2.24) is 5.32 Å². The van der Waals surface area contributed by atoms with Gasteiger partial charge in [0.25, 0.3) is 0 Å². The fraction of sp³-hybridized carbons (Fsp3) is 1.00. The second-order valence-corrected chi connectivity index (χ2v) is 6.98. The molecule has 92 valence electrons. The Labute approximate surface area is 100 Å². The molecule has 4 aliphatic rings. The van der Waals surface area contributed by atoms with Gasteiger partial charge in [0.15, 0.2) is 0 Å². The second-order valence-electron chi connectivity index (χ2n) is 6.98. The van der Waals surface area contributed by atoms with Crippen LogP contribution in [0.3, 0.4) is 0 Å². The molecule has 4 aliphatic carbocycles. The van der Waals surface area contributed by atoms with Crippen molar-refractivity contribution in [1.29, 1.82) is 0 Å². The van der Waals surface area contributed by atoms with Crippen molar-refractivity contribution < 1.29 is 0 Å². The molecule has 1 nitrogen and oxygen atoms in total. The highest BCUT2D eigenvalue weighted by Crippen LogP contribution is 2.59. The molecule has 0 aliphatic heterocycles. The zero-order valence-corrected chi connectivity index (χ0v) is 11.1. The highest BCUT2D eigenvalue weighted by atomic mass is 14.9. The largest absolute Gasteiger partial charge is 0.314 e. The van der Waals surface area contributed by atoms with Crippen LogP contribution >= 0.6 is 0 Å². The minimum Gasteiger partial charge on any atom is -0.314 e. The summed E-state index contributed by atoms with van der Waals surface area (Å²) in [6, 6.07) is 0. The van der Waals surface area contributed by atoms with Gasteiger partial charge in [-0.05, 0) is 82.1 Å². The van der Waals surface area contributed by atoms with Crippen molar-refractivity contribution in [2.24, 2.45) is 29.6 Å². The molecule has 1 N–H and O–H groups in total. The fourth-order valence-electron chi connectivity index (χ4n) is 5.54. The third kappa shape index (κ3) is 1.47. The highest BCUT2D eigenvalue weighted by molar-refractivity contribution is 5.05. The Morgan fingerprint density at radius 2 is 1.50 bits per heavy atom. The van der Waals surface area contributed by atoms with Crippen LogP contribution < -0.4 is 5.32 Å². The zero-order chi connectivity index (χ0) is 11.3. The van der Waals surface area contributed by atoms with E-state index in [4.69, 9.17) is 0 Å². The van der Waals surface area contributed by atoms with Crippen LogP contribution in [0.15, 0.2) is 0 Å². The maximum absolute atomic E-state index is 3.66. The number of nitrogens with one attached hydrogen (secondary N) is 1. The summed E-state index contributed by atoms with van der Waals surface area (Å²) in [6.07, 6.45) is 9.06. The van der Waals surface area contributed by atoms with Crippen molar-refractivity contribution >= 4 is 0 Å². The molecule has 0 aromatic rings. The molecule has 0 aromatic carbocycles. The Morgan fingerprint density at radius 3 is 1.88 bits per heavy atom. The van der Waals surface area contributed by atoms with E-state index in [2.05, 4.69) is 26.2 Å². The van der Waals surface area contributed by atoms with E-state index in [1.807, 2.05) is 0 Å². The maximum atomic E-state index is 3.66. The monoisotopic (exact) mass is 221 g/mol. The average Bonchev–Trinajstić information content (AvgIpc) is 2.27. The summed E-state index contributed by atoms with van der Waals surface area (Å²) in [6.45, 7) is 4.83. The van der Waals surface area contributed by atoms with E-state index in [9.17, 15) is 0 Å². The van der Waals surface area contributed by atoms with Gasteiger partial charge in [0.05, 0.1) is 0 Å². The van der Waals surface area contributed by atoms with E-state index in [0.29, 0.717) is 5.54 Å². The van der Waals surface area contributed by atoms with Gasteiger partial charge in [-0.3, -0.25) is 0 Å². The van der Waals surface area contributed by atoms with E-state index >= 15 is 0 Å². The summed E-state index contributed by atoms with van der Waals surface area (Å²) in [5, 5.41) is 3.66. The molecule has 0 spiro atoms. The van der Waals surface area contributed by atoms with Crippen molar-refractivity contribution in [3.63, 3.8) is 0 Å². The molecule has 16 heavy (non-hydrogen) atoms. The zero-order valence-electron chi connectivity index (χ0n) is 11.1. The quantitative estimate of drug-likeness (QED) is 0.769. The van der Waals surface area contributed by atoms with Crippen LogP contribution in [0.1, 0.15) is 52.4 Å². The molecular weight excluding hydrogens is 194 g/mol. The highest BCUT2D eigenvalue weighted by Gasteiger charge is 2.53. The normalized spacial score (nSPS) is 49.3. The van der Waals surface area contributed by atoms with E-state index in [1.54, 1.807) is 32.1 Å². The Hall–Kier alpha value is -0.0400. The smallest absolute Gasteiger partial charge is 0.0181 e. The van der Waals surface area contributed by atoms with Gasteiger partial charge in [0.1, 0.15) is 0 Å². The average molecular weight is 221 g/mol. The minimum absolute atomic E-state index is 0.405. The van der Waals surface area contributed by atoms with Crippen LogP contribution in [-0.4, -0.2) is 12.6 Å². The first-order valence-electron chi connectivity index (χ1n) is 7.35. The van der Waals surface area contributed by atoms with Crippen LogP contribution in [0, 0.1) is 29.6 Å². The standard InChI is InChI=1S/C15H27N/c1-4-15(2,16-3)14-12-6-10-5-11(8-12)9-13(14)7-10/h10-14,16H,4-9H2,1-3H3. The van der Waals surface area contributed by atoms with Crippen LogP contribution in [0.4, 0.5) is 0 Å². The summed E-state index contributed by atoms with van der Waals surface area (Å²) in [5.74, 6) is 5.28. The first-order valence-corrected chi connectivity index (χ1v) is 7.35. The van der Waals surface area contributed by atoms with Crippen LogP contribution in [0.2, 0.25) is 0 Å². The van der Waals surface area contributed by atoms with E-state index in [0.717, 1.165) is 29.6 Å². The molecule has 4 rings (SSSR count). The Bertz CT molecular complexity index is 239. The lowest BCUT2D eigenvalue weighted by atomic mass is 9.48. The predicted octanol–water partition coefficient (Wildman–Crippen LogP) is 3.45. The van der Waals surface area contributed by atoms with Crippen LogP contribution in [0.25, 0.3) is 0 Å². The molecule has 4 bridgehead atoms. The third-order valence-electron chi connectivity index (χ3n) is 6.27. The lowest BCUT2D eigenvalue weighted by Gasteiger charge is -2.59. The van der Waals surface area contributed by atoms with Gasteiger partial charge in [0, 0.05) is 5.54 Å². The van der Waals surface area contributed by atoms with Crippen LogP contribution in [0.5, 0.6) is 0 Å². The molecule has 1 unspecified atom stereocenters. The molecule has 1 heteroatoms. The number of hydrogen-bond donors (Lipinski definition) is 1. The molecule has 1 atom stereocenters. The minimum atomic E-state index is 0.405. The van der Waals surface area contributed by atoms with E-state index in [1.165, 1.54) is 6.42 Å². The molecule has 4 fully saturated rings. The van der Waals surface area contributed by atoms with Gasteiger partial charge in [-0.1, -0.05) is 6.92 Å². The van der Waals surface area contributed by atoms with E-state index in [-0.39, 0.29) is 0 Å². The second kappa shape index (κ2) is 3.73. The molecule has 0 heterocycles. The van der Waals surface area contributed by atoms with Gasteiger partial charge in [-0.25, -0.2) is 0 Å². The van der Waals surface area contributed by atoms with Crippen LogP contribution in [-0.2, 0) is 0 Å². The molecule has 0 radical (unpaired) electrons. The van der Waals surface area contributed by atoms with Crippen molar-refractivity contribution in [3.05, 3.63) is 0 Å². The third-order valence-corrected chi connectivity index (χ3v) is 6.27. The van der Waals surface area contributed by atoms with E-state index < -0.39 is 0 Å². The molecular formula is C15H27N. The van der Waals surface area contributed by atoms with Gasteiger partial charge in [-0.2, -0.15) is 0 Å². The Kier molecular flexibility index (Phi) is 2.58. The van der Waals surface area contributed by atoms with Gasteiger partial charge in [0.2, 0.25) is 0 Å². The molecule has 0 amide bonds. The van der Waals surface area contributed by atoms with Crippen molar-refractivity contribution in [2.45, 2.75) is 57.9 Å². The SMILES string of the molecule is CCC(C)(NC)C1C2CC3CC(C2)CC1C3. The molecule has 0 aromatic heterocycles. The molecule has 4 saturated carbocycles. The van der Waals surface area contributed by atoms with Gasteiger partial charge < -0.3 is 5.32 Å². The van der Waals surface area contributed by atoms with Crippen molar-refractivity contribution in [3.8, 4) is 0 Å². The number of hydrogen-bond acceptors (Lipinski definition) is 1. The lowest BCUT2D eigenvalue weighted by molar-refractivity contribution is -0.0738. The summed E-state index contributed by atoms with van der Waals surface area (Å²) in [4.78, 5) is 0. The van der Waals surface area contributed by atoms with Gasteiger partial charge >= 0.3 is 0 Å². The summed E-state index contributed by atoms with van der Waals surface area (Å²) in [7, 11) is 2.18. The summed E-state index contributed by atoms with van der Waals surface area (Å²) >= 11 is 0. The topological polar surface area (TPSA) is 12.0 Å². The maximum Gasteiger partial charge on any atom is 0.0181 e. The Morgan fingerprint density at radius 1 is 1.00 bits per heavy atom. The first-order chi connectivity index (χ1) is 7.66. The molecule has 0 saturated heterocycles. The fourth-order valence-corrected chi connectivity index (χ4v) is 5.54. The lowest BCUT2D eigenvalue weighted by Crippen LogP contribution is -2.58. The van der Waals surface area contributed by atoms with Gasteiger partial charge in [-0.15, -0.1) is 0 Å². The number of rotatable bonds is 3. The summed E-state index contributed by atoms with van der Waals surface area (Å²) < 4.78 is 0. The Balaban J connectivity index is 1.86.